The second kappa shape index (κ2) is 4.28. The highest BCUT2D eigenvalue weighted by atomic mass is 16.1. The quantitative estimate of drug-likeness (QED) is 0.549. The molecule has 0 saturated heterocycles. The molecule has 72 valence electrons. The number of carbonyl (C=O) groups excluding carboxylic acids is 1. The summed E-state index contributed by atoms with van der Waals surface area (Å²) in [4.78, 5) is 11.1. The molecule has 0 aliphatic heterocycles. The zero-order valence-electron chi connectivity index (χ0n) is 8.11. The van der Waals surface area contributed by atoms with E-state index in [0.29, 0.717) is 0 Å². The van der Waals surface area contributed by atoms with E-state index in [4.69, 9.17) is 5.26 Å². The minimum absolute atomic E-state index is 0.110. The van der Waals surface area contributed by atoms with Gasteiger partial charge in [0.2, 0.25) is 0 Å². The number of rotatable bonds is 2. The SMILES string of the molecule is CNC(=O)/C(C#N)=C/c1ccn(C)c1. The highest BCUT2D eigenvalue weighted by Gasteiger charge is 2.05. The largest absolute Gasteiger partial charge is 0.357 e. The summed E-state index contributed by atoms with van der Waals surface area (Å²) in [7, 11) is 3.38. The lowest BCUT2D eigenvalue weighted by Crippen LogP contribution is -2.18. The van der Waals surface area contributed by atoms with Gasteiger partial charge in [-0.1, -0.05) is 0 Å². The average Bonchev–Trinajstić information content (AvgIpc) is 2.59. The molecular weight excluding hydrogens is 178 g/mol. The van der Waals surface area contributed by atoms with Gasteiger partial charge in [-0.2, -0.15) is 5.26 Å². The van der Waals surface area contributed by atoms with Crippen molar-refractivity contribution in [2.45, 2.75) is 0 Å². The molecule has 0 aliphatic rings. The molecule has 1 aromatic heterocycles. The van der Waals surface area contributed by atoms with Gasteiger partial charge in [0.05, 0.1) is 0 Å². The van der Waals surface area contributed by atoms with E-state index in [1.54, 1.807) is 6.08 Å². The van der Waals surface area contributed by atoms with Crippen LogP contribution in [0.1, 0.15) is 5.56 Å². The standard InChI is InChI=1S/C10H11N3O/c1-12-10(14)9(6-11)5-8-3-4-13(2)7-8/h3-5,7H,1-2H3,(H,12,14)/b9-5+. The third kappa shape index (κ3) is 2.23. The Morgan fingerprint density at radius 1 is 1.71 bits per heavy atom. The maximum Gasteiger partial charge on any atom is 0.261 e. The Morgan fingerprint density at radius 3 is 2.86 bits per heavy atom. The van der Waals surface area contributed by atoms with Crippen molar-refractivity contribution in [1.29, 1.82) is 5.26 Å². The summed E-state index contributed by atoms with van der Waals surface area (Å²) in [6.07, 6.45) is 5.24. The zero-order valence-corrected chi connectivity index (χ0v) is 8.11. The summed E-state index contributed by atoms with van der Waals surface area (Å²) < 4.78 is 1.85. The number of likely N-dealkylation sites (N-methyl/N-ethyl adjacent to an activating group) is 1. The van der Waals surface area contributed by atoms with Gasteiger partial charge in [-0.25, -0.2) is 0 Å². The van der Waals surface area contributed by atoms with E-state index in [-0.39, 0.29) is 11.5 Å². The topological polar surface area (TPSA) is 57.8 Å². The zero-order chi connectivity index (χ0) is 10.6. The maximum atomic E-state index is 11.1. The van der Waals surface area contributed by atoms with Crippen molar-refractivity contribution in [3.05, 3.63) is 29.6 Å². The van der Waals surface area contributed by atoms with Gasteiger partial charge < -0.3 is 9.88 Å². The maximum absolute atomic E-state index is 11.1. The third-order valence-corrected chi connectivity index (χ3v) is 1.76. The van der Waals surface area contributed by atoms with Crippen LogP contribution in [-0.4, -0.2) is 17.5 Å². The molecule has 1 heterocycles. The Hall–Kier alpha value is -2.02. The highest BCUT2D eigenvalue weighted by molar-refractivity contribution is 6.01. The van der Waals surface area contributed by atoms with Crippen LogP contribution in [0.4, 0.5) is 0 Å². The first-order valence-electron chi connectivity index (χ1n) is 4.13. The Balaban J connectivity index is 2.96. The van der Waals surface area contributed by atoms with E-state index >= 15 is 0 Å². The van der Waals surface area contributed by atoms with Gasteiger partial charge in [0.15, 0.2) is 0 Å². The molecule has 1 N–H and O–H groups in total. The van der Waals surface area contributed by atoms with Crippen LogP contribution in [-0.2, 0) is 11.8 Å². The van der Waals surface area contributed by atoms with Crippen molar-refractivity contribution >= 4 is 12.0 Å². The number of aromatic nitrogens is 1. The molecular formula is C10H11N3O. The first-order valence-corrected chi connectivity index (χ1v) is 4.13. The predicted molar refractivity (Wildman–Crippen MR) is 53.1 cm³/mol. The number of hydrogen-bond acceptors (Lipinski definition) is 2. The fourth-order valence-electron chi connectivity index (χ4n) is 1.06. The van der Waals surface area contributed by atoms with Crippen molar-refractivity contribution in [3.63, 3.8) is 0 Å². The van der Waals surface area contributed by atoms with Crippen LogP contribution in [0.5, 0.6) is 0 Å². The lowest BCUT2D eigenvalue weighted by Gasteiger charge is -1.94. The van der Waals surface area contributed by atoms with Gasteiger partial charge in [-0.15, -0.1) is 0 Å². The molecule has 4 nitrogen and oxygen atoms in total. The summed E-state index contributed by atoms with van der Waals surface area (Å²) >= 11 is 0. The van der Waals surface area contributed by atoms with Crippen molar-refractivity contribution in [2.24, 2.45) is 7.05 Å². The molecule has 0 bridgehead atoms. The number of hydrogen-bond donors (Lipinski definition) is 1. The van der Waals surface area contributed by atoms with Crippen molar-refractivity contribution in [1.82, 2.24) is 9.88 Å². The van der Waals surface area contributed by atoms with Gasteiger partial charge in [0.25, 0.3) is 5.91 Å². The Labute approximate surface area is 82.5 Å². The summed E-state index contributed by atoms with van der Waals surface area (Å²) in [5, 5.41) is 11.1. The van der Waals surface area contributed by atoms with E-state index < -0.39 is 0 Å². The van der Waals surface area contributed by atoms with Crippen molar-refractivity contribution < 1.29 is 4.79 Å². The molecule has 0 aromatic carbocycles. The van der Waals surface area contributed by atoms with Crippen LogP contribution in [0.25, 0.3) is 6.08 Å². The molecule has 0 radical (unpaired) electrons. The van der Waals surface area contributed by atoms with Crippen LogP contribution in [0.2, 0.25) is 0 Å². The molecule has 1 amide bonds. The van der Waals surface area contributed by atoms with Crippen molar-refractivity contribution in [2.75, 3.05) is 7.05 Å². The fraction of sp³-hybridized carbons (Fsp3) is 0.200. The summed E-state index contributed by atoms with van der Waals surface area (Å²) in [6.45, 7) is 0. The molecule has 0 unspecified atom stereocenters. The summed E-state index contributed by atoms with van der Waals surface area (Å²) in [5.74, 6) is -0.364. The van der Waals surface area contributed by atoms with Crippen molar-refractivity contribution in [3.8, 4) is 6.07 Å². The second-order valence-corrected chi connectivity index (χ2v) is 2.86. The first-order chi connectivity index (χ1) is 6.67. The van der Waals surface area contributed by atoms with Crippen LogP contribution in [0.15, 0.2) is 24.0 Å². The van der Waals surface area contributed by atoms with E-state index in [1.165, 1.54) is 7.05 Å². The normalized spacial score (nSPS) is 10.8. The van der Waals surface area contributed by atoms with E-state index in [0.717, 1.165) is 5.56 Å². The smallest absolute Gasteiger partial charge is 0.261 e. The first kappa shape index (κ1) is 10.1. The van der Waals surface area contributed by atoms with E-state index in [1.807, 2.05) is 36.1 Å². The molecule has 14 heavy (non-hydrogen) atoms. The minimum Gasteiger partial charge on any atom is -0.357 e. The lowest BCUT2D eigenvalue weighted by molar-refractivity contribution is -0.116. The number of nitrogens with zero attached hydrogens (tertiary/aromatic N) is 2. The molecule has 0 saturated carbocycles. The second-order valence-electron chi connectivity index (χ2n) is 2.86. The Morgan fingerprint density at radius 2 is 2.43 bits per heavy atom. The summed E-state index contributed by atoms with van der Waals surface area (Å²) in [6, 6.07) is 3.68. The Kier molecular flexibility index (Phi) is 3.08. The summed E-state index contributed by atoms with van der Waals surface area (Å²) in [5.41, 5.74) is 0.950. The fourth-order valence-corrected chi connectivity index (χ4v) is 1.06. The molecule has 0 aliphatic carbocycles. The van der Waals surface area contributed by atoms with Gasteiger partial charge in [-0.3, -0.25) is 4.79 Å². The number of nitriles is 1. The average molecular weight is 189 g/mol. The molecule has 0 fully saturated rings. The van der Waals surface area contributed by atoms with Gasteiger partial charge >= 0.3 is 0 Å². The van der Waals surface area contributed by atoms with Gasteiger partial charge in [0, 0.05) is 26.5 Å². The molecule has 1 aromatic rings. The highest BCUT2D eigenvalue weighted by Crippen LogP contribution is 2.06. The number of aryl methyl sites for hydroxylation is 1. The van der Waals surface area contributed by atoms with Gasteiger partial charge in [-0.05, 0) is 17.7 Å². The lowest BCUT2D eigenvalue weighted by atomic mass is 10.2. The monoisotopic (exact) mass is 189 g/mol. The molecule has 4 heteroatoms. The van der Waals surface area contributed by atoms with Crippen LogP contribution in [0.3, 0.4) is 0 Å². The van der Waals surface area contributed by atoms with Crippen LogP contribution >= 0.6 is 0 Å². The van der Waals surface area contributed by atoms with Crippen LogP contribution in [0, 0.1) is 11.3 Å². The Bertz CT molecular complexity index is 409. The number of amides is 1. The van der Waals surface area contributed by atoms with Crippen LogP contribution < -0.4 is 5.32 Å². The predicted octanol–water partition coefficient (Wildman–Crippen LogP) is 0.678. The minimum atomic E-state index is -0.364. The molecule has 0 atom stereocenters. The van der Waals surface area contributed by atoms with Gasteiger partial charge in [0.1, 0.15) is 11.6 Å². The third-order valence-electron chi connectivity index (χ3n) is 1.76. The number of nitrogens with one attached hydrogen (secondary N) is 1. The van der Waals surface area contributed by atoms with E-state index in [2.05, 4.69) is 5.32 Å². The molecule has 1 rings (SSSR count). The number of carbonyl (C=O) groups is 1. The van der Waals surface area contributed by atoms with E-state index in [9.17, 15) is 4.79 Å². The molecule has 0 spiro atoms.